The van der Waals surface area contributed by atoms with Gasteiger partial charge in [0, 0.05) is 13.1 Å². The van der Waals surface area contributed by atoms with E-state index in [9.17, 15) is 14.4 Å². The number of carbonyl (C=O) groups is 3. The highest BCUT2D eigenvalue weighted by Gasteiger charge is 2.37. The van der Waals surface area contributed by atoms with Crippen LogP contribution in [-0.2, 0) is 20.9 Å². The number of hydrogen-bond acceptors (Lipinski definition) is 6. The first-order valence-corrected chi connectivity index (χ1v) is 10.8. The van der Waals surface area contributed by atoms with Crippen molar-refractivity contribution in [3.05, 3.63) is 70.6 Å². The Balaban J connectivity index is 1.36. The second-order valence-corrected chi connectivity index (χ2v) is 8.10. The fourth-order valence-corrected chi connectivity index (χ4v) is 4.08. The fraction of sp³-hybridized carbons (Fsp3) is 0.261. The van der Waals surface area contributed by atoms with Crippen LogP contribution in [0, 0.1) is 0 Å². The number of hydrogen-bond donors (Lipinski definition) is 0. The normalized spacial score (nSPS) is 18.0. The highest BCUT2D eigenvalue weighted by atomic mass is 32.2. The van der Waals surface area contributed by atoms with E-state index in [1.165, 1.54) is 0 Å². The number of benzene rings is 2. The van der Waals surface area contributed by atoms with Gasteiger partial charge in [-0.05, 0) is 41.1 Å². The molecule has 2 aromatic carbocycles. The van der Waals surface area contributed by atoms with Gasteiger partial charge in [-0.3, -0.25) is 19.3 Å². The molecule has 3 amide bonds. The Morgan fingerprint density at radius 1 is 1.03 bits per heavy atom. The molecule has 0 spiro atoms. The first kappa shape index (κ1) is 21.1. The van der Waals surface area contributed by atoms with E-state index in [1.807, 2.05) is 54.6 Å². The van der Waals surface area contributed by atoms with E-state index in [1.54, 1.807) is 11.0 Å². The summed E-state index contributed by atoms with van der Waals surface area (Å²) in [6.07, 6.45) is 1.66. The third-order valence-corrected chi connectivity index (χ3v) is 5.86. The summed E-state index contributed by atoms with van der Waals surface area (Å²) in [6.45, 7) is 2.12. The number of amides is 3. The van der Waals surface area contributed by atoms with E-state index in [0.29, 0.717) is 43.6 Å². The molecule has 2 fully saturated rings. The zero-order valence-corrected chi connectivity index (χ0v) is 17.7. The lowest BCUT2D eigenvalue weighted by atomic mass is 10.2. The molecular formula is C23H22N2O5S. The molecule has 4 rings (SSSR count). The molecule has 160 valence electrons. The number of imide groups is 1. The minimum atomic E-state index is -0.444. The first-order chi connectivity index (χ1) is 15.1. The summed E-state index contributed by atoms with van der Waals surface area (Å²) in [5.74, 6) is 0.0259. The number of nitrogens with zero attached hydrogens (tertiary/aromatic N) is 2. The van der Waals surface area contributed by atoms with Crippen LogP contribution >= 0.6 is 11.8 Å². The van der Waals surface area contributed by atoms with E-state index in [2.05, 4.69) is 0 Å². The van der Waals surface area contributed by atoms with E-state index in [4.69, 9.17) is 9.47 Å². The van der Waals surface area contributed by atoms with Gasteiger partial charge in [-0.1, -0.05) is 42.5 Å². The van der Waals surface area contributed by atoms with Crippen LogP contribution in [0.5, 0.6) is 5.75 Å². The molecule has 0 bridgehead atoms. The Morgan fingerprint density at radius 3 is 2.45 bits per heavy atom. The number of ether oxygens (including phenoxy) is 2. The van der Waals surface area contributed by atoms with Gasteiger partial charge in [0.05, 0.1) is 18.1 Å². The minimum Gasteiger partial charge on any atom is -0.489 e. The second kappa shape index (κ2) is 9.80. The van der Waals surface area contributed by atoms with Crippen molar-refractivity contribution < 1.29 is 23.9 Å². The number of carbonyl (C=O) groups excluding carboxylic acids is 3. The predicted molar refractivity (Wildman–Crippen MR) is 117 cm³/mol. The van der Waals surface area contributed by atoms with Crippen molar-refractivity contribution in [3.8, 4) is 5.75 Å². The van der Waals surface area contributed by atoms with Gasteiger partial charge in [0.2, 0.25) is 5.91 Å². The molecular weight excluding hydrogens is 416 g/mol. The minimum absolute atomic E-state index is 0.242. The molecule has 0 radical (unpaired) electrons. The molecule has 2 aliphatic heterocycles. The van der Waals surface area contributed by atoms with E-state index in [-0.39, 0.29) is 12.5 Å². The molecule has 8 heteroatoms. The SMILES string of the molecule is O=C(CN1C(=O)S/C(=C/c2ccc(OCc3ccccc3)cc2)C1=O)N1CCOCC1. The monoisotopic (exact) mass is 438 g/mol. The third kappa shape index (κ3) is 5.34. The maximum Gasteiger partial charge on any atom is 0.294 e. The van der Waals surface area contributed by atoms with Crippen LogP contribution in [0.1, 0.15) is 11.1 Å². The molecule has 0 aromatic heterocycles. The largest absolute Gasteiger partial charge is 0.489 e. The molecule has 31 heavy (non-hydrogen) atoms. The summed E-state index contributed by atoms with van der Waals surface area (Å²) in [4.78, 5) is 40.3. The summed E-state index contributed by atoms with van der Waals surface area (Å²) in [6, 6.07) is 17.2. The number of morpholine rings is 1. The van der Waals surface area contributed by atoms with Gasteiger partial charge in [-0.2, -0.15) is 0 Å². The van der Waals surface area contributed by atoms with E-state index < -0.39 is 11.1 Å². The van der Waals surface area contributed by atoms with Gasteiger partial charge in [0.1, 0.15) is 18.9 Å². The Bertz CT molecular complexity index is 985. The van der Waals surface area contributed by atoms with Gasteiger partial charge < -0.3 is 14.4 Å². The van der Waals surface area contributed by atoms with Crippen LogP contribution in [0.3, 0.4) is 0 Å². The summed E-state index contributed by atoms with van der Waals surface area (Å²) < 4.78 is 11.0. The van der Waals surface area contributed by atoms with Crippen LogP contribution in [0.2, 0.25) is 0 Å². The summed E-state index contributed by atoms with van der Waals surface area (Å²) >= 11 is 0.849. The Kier molecular flexibility index (Phi) is 6.69. The molecule has 2 aromatic rings. The summed E-state index contributed by atoms with van der Waals surface area (Å²) in [5, 5.41) is -0.430. The molecule has 0 unspecified atom stereocenters. The van der Waals surface area contributed by atoms with Gasteiger partial charge in [-0.15, -0.1) is 0 Å². The molecule has 0 atom stereocenters. The lowest BCUT2D eigenvalue weighted by Gasteiger charge is -2.28. The standard InChI is InChI=1S/C23H22N2O5S/c26-21(24-10-12-29-13-11-24)15-25-22(27)20(31-23(25)28)14-17-6-8-19(9-7-17)30-16-18-4-2-1-3-5-18/h1-9,14H,10-13,15-16H2/b20-14+. The topological polar surface area (TPSA) is 76.2 Å². The van der Waals surface area contributed by atoms with Crippen molar-refractivity contribution in [2.75, 3.05) is 32.8 Å². The average Bonchev–Trinajstić information content (AvgIpc) is 3.07. The maximum atomic E-state index is 12.7. The van der Waals surface area contributed by atoms with Gasteiger partial charge >= 0.3 is 0 Å². The number of thioether (sulfide) groups is 1. The van der Waals surface area contributed by atoms with Crippen LogP contribution in [-0.4, -0.2) is 59.7 Å². The molecule has 0 saturated carbocycles. The van der Waals surface area contributed by atoms with Crippen LogP contribution in [0.25, 0.3) is 6.08 Å². The van der Waals surface area contributed by atoms with Gasteiger partial charge in [0.25, 0.3) is 11.1 Å². The van der Waals surface area contributed by atoms with Crippen molar-refractivity contribution in [2.24, 2.45) is 0 Å². The lowest BCUT2D eigenvalue weighted by molar-refractivity contribution is -0.139. The Morgan fingerprint density at radius 2 is 1.74 bits per heavy atom. The van der Waals surface area contributed by atoms with Crippen LogP contribution in [0.4, 0.5) is 4.79 Å². The predicted octanol–water partition coefficient (Wildman–Crippen LogP) is 3.16. The Labute approximate surface area is 184 Å². The quantitative estimate of drug-likeness (QED) is 0.645. The smallest absolute Gasteiger partial charge is 0.294 e. The third-order valence-electron chi connectivity index (χ3n) is 4.96. The van der Waals surface area contributed by atoms with Crippen LogP contribution in [0.15, 0.2) is 59.5 Å². The molecule has 2 heterocycles. The van der Waals surface area contributed by atoms with Crippen molar-refractivity contribution in [1.29, 1.82) is 0 Å². The van der Waals surface area contributed by atoms with Gasteiger partial charge in [0.15, 0.2) is 0 Å². The highest BCUT2D eigenvalue weighted by molar-refractivity contribution is 8.18. The zero-order chi connectivity index (χ0) is 21.6. The zero-order valence-electron chi connectivity index (χ0n) is 16.9. The second-order valence-electron chi connectivity index (χ2n) is 7.10. The first-order valence-electron chi connectivity index (χ1n) is 9.98. The van der Waals surface area contributed by atoms with E-state index in [0.717, 1.165) is 27.8 Å². The summed E-state index contributed by atoms with van der Waals surface area (Å²) in [5.41, 5.74) is 1.85. The van der Waals surface area contributed by atoms with Crippen molar-refractivity contribution in [3.63, 3.8) is 0 Å². The number of rotatable bonds is 6. The van der Waals surface area contributed by atoms with Crippen LogP contribution < -0.4 is 4.74 Å². The lowest BCUT2D eigenvalue weighted by Crippen LogP contribution is -2.46. The molecule has 0 N–H and O–H groups in total. The maximum absolute atomic E-state index is 12.7. The fourth-order valence-electron chi connectivity index (χ4n) is 3.24. The highest BCUT2D eigenvalue weighted by Crippen LogP contribution is 2.32. The van der Waals surface area contributed by atoms with Crippen molar-refractivity contribution >= 4 is 34.9 Å². The summed E-state index contributed by atoms with van der Waals surface area (Å²) in [7, 11) is 0. The van der Waals surface area contributed by atoms with E-state index >= 15 is 0 Å². The Hall–Kier alpha value is -3.10. The van der Waals surface area contributed by atoms with Crippen molar-refractivity contribution in [2.45, 2.75) is 6.61 Å². The van der Waals surface area contributed by atoms with Gasteiger partial charge in [-0.25, -0.2) is 0 Å². The van der Waals surface area contributed by atoms with Crippen molar-refractivity contribution in [1.82, 2.24) is 9.80 Å². The molecule has 2 aliphatic rings. The average molecular weight is 439 g/mol. The molecule has 0 aliphatic carbocycles. The molecule has 7 nitrogen and oxygen atoms in total. The molecule has 2 saturated heterocycles.